The van der Waals surface area contributed by atoms with Crippen molar-refractivity contribution < 1.29 is 0 Å². The van der Waals surface area contributed by atoms with Crippen molar-refractivity contribution in [3.05, 3.63) is 11.1 Å². The second-order valence-electron chi connectivity index (χ2n) is 2.16. The monoisotopic (exact) mass is 224 g/mol. The Morgan fingerprint density at radius 2 is 2.42 bits per heavy atom. The van der Waals surface area contributed by atoms with Crippen LogP contribution < -0.4 is 10.9 Å². The molecule has 0 radical (unpaired) electrons. The van der Waals surface area contributed by atoms with Gasteiger partial charge in [-0.1, -0.05) is 0 Å². The quantitative estimate of drug-likeness (QED) is 0.320. The molecule has 4 nitrogen and oxygen atoms in total. The first kappa shape index (κ1) is 10.0. The molecule has 1 rings (SSSR count). The summed E-state index contributed by atoms with van der Waals surface area (Å²) in [7, 11) is 0. The molecule has 0 spiro atoms. The third-order valence-corrected chi connectivity index (χ3v) is 1.53. The molecule has 0 aromatic heterocycles. The van der Waals surface area contributed by atoms with Gasteiger partial charge >= 0.3 is 0 Å². The fraction of sp³-hybridized carbons (Fsp3) is 0.400. The number of halogens is 1. The van der Waals surface area contributed by atoms with Gasteiger partial charge in [0.05, 0.1) is 5.03 Å². The van der Waals surface area contributed by atoms with E-state index in [-0.39, 0.29) is 5.50 Å². The topological polar surface area (TPSA) is 39.7 Å². The maximum absolute atomic E-state index is 5.68. The lowest BCUT2D eigenvalue weighted by Gasteiger charge is -2.25. The molecule has 1 aliphatic rings. The van der Waals surface area contributed by atoms with Crippen LogP contribution in [0.25, 0.3) is 0 Å². The molecule has 0 aromatic rings. The van der Waals surface area contributed by atoms with E-state index in [0.29, 0.717) is 10.1 Å². The summed E-state index contributed by atoms with van der Waals surface area (Å²) in [6.45, 7) is 1.79. The standard InChI is InChI=1S/C5H9ClN4S2/c1-3(6)7-10-8-4(11)2-5(12)9-10/h2-3,7-8,11H,1H3,(H,9,12). The Hall–Kier alpha value is -0.0400. The summed E-state index contributed by atoms with van der Waals surface area (Å²) in [5, 5.41) is 6.53. The van der Waals surface area contributed by atoms with Crippen LogP contribution in [0.5, 0.6) is 0 Å². The van der Waals surface area contributed by atoms with Crippen molar-refractivity contribution in [3.8, 4) is 0 Å². The largest absolute Gasteiger partial charge is 0.261 e. The smallest absolute Gasteiger partial charge is 0.119 e. The zero-order valence-electron chi connectivity index (χ0n) is 6.32. The predicted molar refractivity (Wildman–Crippen MR) is 56.9 cm³/mol. The Balaban J connectivity index is 2.55. The molecule has 0 aromatic carbocycles. The number of hydrazone groups is 1. The number of nitrogens with one attached hydrogen (secondary N) is 2. The van der Waals surface area contributed by atoms with Crippen molar-refractivity contribution in [2.45, 2.75) is 12.4 Å². The van der Waals surface area contributed by atoms with E-state index in [2.05, 4.69) is 41.2 Å². The molecular formula is C5H9ClN4S2. The predicted octanol–water partition coefficient (Wildman–Crippen LogP) is 0.910. The van der Waals surface area contributed by atoms with Crippen LogP contribution in [-0.4, -0.2) is 15.8 Å². The molecule has 1 unspecified atom stereocenters. The molecule has 0 amide bonds. The molecule has 0 fully saturated rings. The van der Waals surface area contributed by atoms with Crippen LogP contribution in [0, 0.1) is 0 Å². The Morgan fingerprint density at radius 1 is 1.75 bits per heavy atom. The minimum atomic E-state index is -0.221. The minimum Gasteiger partial charge on any atom is -0.261 e. The average Bonchev–Trinajstić information content (AvgIpc) is 1.81. The zero-order chi connectivity index (χ0) is 9.14. The molecule has 0 aliphatic carbocycles. The van der Waals surface area contributed by atoms with Gasteiger partial charge in [-0.25, -0.2) is 0 Å². The van der Waals surface area contributed by atoms with Crippen LogP contribution >= 0.6 is 36.9 Å². The van der Waals surface area contributed by atoms with Crippen molar-refractivity contribution in [2.75, 3.05) is 0 Å². The normalized spacial score (nSPS) is 19.5. The van der Waals surface area contributed by atoms with E-state index in [1.807, 2.05) is 0 Å². The van der Waals surface area contributed by atoms with E-state index in [1.165, 1.54) is 5.23 Å². The molecule has 1 heterocycles. The van der Waals surface area contributed by atoms with E-state index >= 15 is 0 Å². The first-order valence-electron chi connectivity index (χ1n) is 3.23. The molecule has 0 saturated carbocycles. The summed E-state index contributed by atoms with van der Waals surface area (Å²) >= 11 is 13.8. The van der Waals surface area contributed by atoms with Crippen LogP contribution in [0.15, 0.2) is 16.2 Å². The molecule has 7 heteroatoms. The lowest BCUT2D eigenvalue weighted by Crippen LogP contribution is -2.47. The van der Waals surface area contributed by atoms with E-state index < -0.39 is 0 Å². The van der Waals surface area contributed by atoms with Gasteiger partial charge in [-0.15, -0.1) is 47.2 Å². The second kappa shape index (κ2) is 4.27. The molecule has 1 aliphatic heterocycles. The fourth-order valence-corrected chi connectivity index (χ4v) is 1.28. The minimum absolute atomic E-state index is 0.221. The average molecular weight is 225 g/mol. The highest BCUT2D eigenvalue weighted by molar-refractivity contribution is 7.97. The lowest BCUT2D eigenvalue weighted by atomic mass is 10.6. The van der Waals surface area contributed by atoms with Gasteiger partial charge < -0.3 is 0 Å². The number of hydrogen-bond acceptors (Lipinski definition) is 5. The van der Waals surface area contributed by atoms with Crippen LogP contribution in [0.1, 0.15) is 6.92 Å². The third-order valence-electron chi connectivity index (χ3n) is 0.989. The first-order chi connectivity index (χ1) is 5.58. The molecular weight excluding hydrogens is 216 g/mol. The number of hydrogen-bond donors (Lipinski definition) is 4. The van der Waals surface area contributed by atoms with Crippen molar-refractivity contribution in [3.63, 3.8) is 0 Å². The molecule has 12 heavy (non-hydrogen) atoms. The lowest BCUT2D eigenvalue weighted by molar-refractivity contribution is 0.139. The highest BCUT2D eigenvalue weighted by atomic mass is 35.5. The maximum Gasteiger partial charge on any atom is 0.119 e. The van der Waals surface area contributed by atoms with Crippen LogP contribution in [0.4, 0.5) is 0 Å². The van der Waals surface area contributed by atoms with E-state index in [0.717, 1.165) is 0 Å². The number of thiol groups is 2. The third kappa shape index (κ3) is 3.14. The summed E-state index contributed by atoms with van der Waals surface area (Å²) in [5.41, 5.74) is 5.39. The Labute approximate surface area is 86.8 Å². The molecule has 68 valence electrons. The number of alkyl halides is 1. The van der Waals surface area contributed by atoms with Gasteiger partial charge in [0.15, 0.2) is 0 Å². The highest BCUT2D eigenvalue weighted by Crippen LogP contribution is 2.06. The first-order valence-corrected chi connectivity index (χ1v) is 4.56. The SMILES string of the molecule is CC(Cl)NN1N=C(S)C=C(S)N1. The zero-order valence-corrected chi connectivity index (χ0v) is 8.87. The van der Waals surface area contributed by atoms with Gasteiger partial charge in [0.2, 0.25) is 0 Å². The Morgan fingerprint density at radius 3 is 2.92 bits per heavy atom. The maximum atomic E-state index is 5.68. The van der Waals surface area contributed by atoms with Crippen LogP contribution in [0.2, 0.25) is 0 Å². The van der Waals surface area contributed by atoms with Crippen molar-refractivity contribution in [1.29, 1.82) is 0 Å². The summed E-state index contributed by atoms with van der Waals surface area (Å²) in [6.07, 6.45) is 1.68. The Kier molecular flexibility index (Phi) is 3.57. The van der Waals surface area contributed by atoms with Gasteiger partial charge in [0.25, 0.3) is 0 Å². The van der Waals surface area contributed by atoms with Gasteiger partial charge in [0, 0.05) is 6.08 Å². The summed E-state index contributed by atoms with van der Waals surface area (Å²) in [4.78, 5) is 0. The molecule has 1 atom stereocenters. The van der Waals surface area contributed by atoms with Gasteiger partial charge in [-0.05, 0) is 6.92 Å². The van der Waals surface area contributed by atoms with Crippen molar-refractivity contribution in [2.24, 2.45) is 5.10 Å². The van der Waals surface area contributed by atoms with Gasteiger partial charge in [0.1, 0.15) is 10.5 Å². The number of rotatable bonds is 2. The summed E-state index contributed by atoms with van der Waals surface area (Å²) in [5.74, 6) is 0. The number of hydrazine groups is 2. The number of nitrogens with zero attached hydrogens (tertiary/aromatic N) is 2. The molecule has 0 saturated heterocycles. The highest BCUT2D eigenvalue weighted by Gasteiger charge is 2.09. The fourth-order valence-electron chi connectivity index (χ4n) is 0.649. The molecule has 0 bridgehead atoms. The van der Waals surface area contributed by atoms with Crippen molar-refractivity contribution in [1.82, 2.24) is 16.1 Å². The van der Waals surface area contributed by atoms with Crippen molar-refractivity contribution >= 4 is 41.9 Å². The summed E-state index contributed by atoms with van der Waals surface area (Å²) in [6, 6.07) is 0. The van der Waals surface area contributed by atoms with E-state index in [4.69, 9.17) is 11.6 Å². The Bertz CT molecular complexity index is 227. The molecule has 2 N–H and O–H groups in total. The van der Waals surface area contributed by atoms with Crippen LogP contribution in [-0.2, 0) is 0 Å². The van der Waals surface area contributed by atoms with E-state index in [1.54, 1.807) is 13.0 Å². The van der Waals surface area contributed by atoms with Gasteiger partial charge in [-0.3, -0.25) is 5.43 Å². The summed E-state index contributed by atoms with van der Waals surface area (Å²) < 4.78 is 0. The van der Waals surface area contributed by atoms with Crippen LogP contribution in [0.3, 0.4) is 0 Å². The van der Waals surface area contributed by atoms with E-state index in [9.17, 15) is 0 Å². The van der Waals surface area contributed by atoms with Gasteiger partial charge in [-0.2, -0.15) is 5.43 Å². The second-order valence-corrected chi connectivity index (χ2v) is 3.75.